The molecule has 0 aliphatic heterocycles. The molecule has 0 aromatic carbocycles. The van der Waals surface area contributed by atoms with Crippen LogP contribution in [0.5, 0.6) is 0 Å². The lowest BCUT2D eigenvalue weighted by Crippen LogP contribution is -2.04. The van der Waals surface area contributed by atoms with Crippen LogP contribution in [0.2, 0.25) is 0 Å². The molecule has 0 unspecified atom stereocenters. The molecule has 0 spiro atoms. The Labute approximate surface area is 71.3 Å². The maximum absolute atomic E-state index is 5.37. The largest absolute Gasteiger partial charge is 0.387 e. The standard InChI is InChI=1S/C9H9N3/c1-3-8-4-5-11-9(6-8)12-7(2)10/h1,4-6H,2H3,(H2,10,11,12). The molecule has 0 fully saturated rings. The van der Waals surface area contributed by atoms with Crippen molar-refractivity contribution in [2.75, 3.05) is 0 Å². The Kier molecular flexibility index (Phi) is 2.44. The average molecular weight is 159 g/mol. The third kappa shape index (κ3) is 2.10. The van der Waals surface area contributed by atoms with E-state index in [1.807, 2.05) is 0 Å². The maximum atomic E-state index is 5.37. The third-order valence-corrected chi connectivity index (χ3v) is 1.20. The summed E-state index contributed by atoms with van der Waals surface area (Å²) in [5.41, 5.74) is 6.13. The molecule has 3 heteroatoms. The van der Waals surface area contributed by atoms with Crippen molar-refractivity contribution in [2.45, 2.75) is 6.92 Å². The van der Waals surface area contributed by atoms with E-state index in [4.69, 9.17) is 12.2 Å². The van der Waals surface area contributed by atoms with E-state index in [0.29, 0.717) is 11.7 Å². The number of nitrogens with two attached hydrogens (primary N) is 1. The van der Waals surface area contributed by atoms with Gasteiger partial charge < -0.3 is 5.73 Å². The first-order chi connectivity index (χ1) is 5.72. The minimum Gasteiger partial charge on any atom is -0.387 e. The van der Waals surface area contributed by atoms with E-state index >= 15 is 0 Å². The molecule has 3 nitrogen and oxygen atoms in total. The molecule has 1 aromatic rings. The summed E-state index contributed by atoms with van der Waals surface area (Å²) in [6.07, 6.45) is 6.80. The van der Waals surface area contributed by atoms with Crippen LogP contribution >= 0.6 is 0 Å². The SMILES string of the molecule is C#Cc1ccnc(N=C(C)N)c1. The van der Waals surface area contributed by atoms with E-state index in [1.54, 1.807) is 25.3 Å². The van der Waals surface area contributed by atoms with Crippen molar-refractivity contribution < 1.29 is 0 Å². The average Bonchev–Trinajstić information content (AvgIpc) is 2.03. The fraction of sp³-hybridized carbons (Fsp3) is 0.111. The Morgan fingerprint density at radius 3 is 3.08 bits per heavy atom. The van der Waals surface area contributed by atoms with Crippen LogP contribution in [0.15, 0.2) is 23.3 Å². The molecule has 1 heterocycles. The van der Waals surface area contributed by atoms with Gasteiger partial charge in [-0.05, 0) is 19.1 Å². The summed E-state index contributed by atoms with van der Waals surface area (Å²) in [6.45, 7) is 1.70. The van der Waals surface area contributed by atoms with Crippen LogP contribution in [-0.2, 0) is 0 Å². The first kappa shape index (κ1) is 8.28. The first-order valence-corrected chi connectivity index (χ1v) is 3.46. The molecule has 2 N–H and O–H groups in total. The number of aliphatic imine (C=N–C) groups is 1. The van der Waals surface area contributed by atoms with E-state index in [2.05, 4.69) is 15.9 Å². The summed E-state index contributed by atoms with van der Waals surface area (Å²) in [5.74, 6) is 3.51. The minimum atomic E-state index is 0.469. The van der Waals surface area contributed by atoms with Gasteiger partial charge in [-0.25, -0.2) is 9.98 Å². The lowest BCUT2D eigenvalue weighted by Gasteiger charge is -1.94. The van der Waals surface area contributed by atoms with Gasteiger partial charge in [-0.15, -0.1) is 6.42 Å². The maximum Gasteiger partial charge on any atom is 0.155 e. The molecule has 0 aliphatic rings. The second-order valence-corrected chi connectivity index (χ2v) is 2.30. The predicted octanol–water partition coefficient (Wildman–Crippen LogP) is 1.07. The molecular formula is C9H9N3. The number of amidine groups is 1. The van der Waals surface area contributed by atoms with Crippen molar-refractivity contribution in [3.8, 4) is 12.3 Å². The highest BCUT2D eigenvalue weighted by molar-refractivity contribution is 5.80. The smallest absolute Gasteiger partial charge is 0.155 e. The lowest BCUT2D eigenvalue weighted by atomic mass is 10.3. The Hall–Kier alpha value is -1.82. The van der Waals surface area contributed by atoms with Gasteiger partial charge in [0.2, 0.25) is 0 Å². The Morgan fingerprint density at radius 1 is 1.75 bits per heavy atom. The number of aromatic nitrogens is 1. The number of rotatable bonds is 1. The van der Waals surface area contributed by atoms with Gasteiger partial charge in [-0.2, -0.15) is 0 Å². The number of hydrogen-bond donors (Lipinski definition) is 1. The fourth-order valence-electron chi connectivity index (χ4n) is 0.750. The molecule has 60 valence electrons. The lowest BCUT2D eigenvalue weighted by molar-refractivity contribution is 1.26. The summed E-state index contributed by atoms with van der Waals surface area (Å²) >= 11 is 0. The summed E-state index contributed by atoms with van der Waals surface area (Å²) in [4.78, 5) is 7.92. The van der Waals surface area contributed by atoms with E-state index in [1.165, 1.54) is 0 Å². The summed E-state index contributed by atoms with van der Waals surface area (Å²) < 4.78 is 0. The molecule has 0 bridgehead atoms. The summed E-state index contributed by atoms with van der Waals surface area (Å²) in [7, 11) is 0. The third-order valence-electron chi connectivity index (χ3n) is 1.20. The number of pyridine rings is 1. The molecule has 12 heavy (non-hydrogen) atoms. The highest BCUT2D eigenvalue weighted by Gasteiger charge is 1.91. The van der Waals surface area contributed by atoms with Crippen LogP contribution in [0, 0.1) is 12.3 Å². The van der Waals surface area contributed by atoms with Gasteiger partial charge in [0.1, 0.15) is 0 Å². The van der Waals surface area contributed by atoms with Gasteiger partial charge in [0.15, 0.2) is 5.82 Å². The van der Waals surface area contributed by atoms with Gasteiger partial charge in [-0.1, -0.05) is 5.92 Å². The van der Waals surface area contributed by atoms with E-state index in [0.717, 1.165) is 5.56 Å². The molecule has 0 saturated heterocycles. The van der Waals surface area contributed by atoms with Crippen LogP contribution in [0.1, 0.15) is 12.5 Å². The summed E-state index contributed by atoms with van der Waals surface area (Å²) in [6, 6.07) is 3.45. The predicted molar refractivity (Wildman–Crippen MR) is 49.1 cm³/mol. The topological polar surface area (TPSA) is 51.3 Å². The Balaban J connectivity index is 3.04. The zero-order valence-electron chi connectivity index (χ0n) is 6.78. The molecule has 1 aromatic heterocycles. The van der Waals surface area contributed by atoms with Gasteiger partial charge in [-0.3, -0.25) is 0 Å². The molecule has 0 amide bonds. The normalized spacial score (nSPS) is 10.8. The van der Waals surface area contributed by atoms with Gasteiger partial charge in [0, 0.05) is 11.8 Å². The Bertz CT molecular complexity index is 343. The number of hydrogen-bond acceptors (Lipinski definition) is 2. The van der Waals surface area contributed by atoms with E-state index in [9.17, 15) is 0 Å². The van der Waals surface area contributed by atoms with Gasteiger partial charge >= 0.3 is 0 Å². The molecule has 0 saturated carbocycles. The molecular weight excluding hydrogens is 150 g/mol. The van der Waals surface area contributed by atoms with Gasteiger partial charge in [0.05, 0.1) is 5.84 Å². The van der Waals surface area contributed by atoms with Crippen LogP contribution in [0.3, 0.4) is 0 Å². The van der Waals surface area contributed by atoms with Gasteiger partial charge in [0.25, 0.3) is 0 Å². The second kappa shape index (κ2) is 3.54. The van der Waals surface area contributed by atoms with Crippen molar-refractivity contribution >= 4 is 11.7 Å². The van der Waals surface area contributed by atoms with Crippen molar-refractivity contribution in [3.05, 3.63) is 23.9 Å². The monoisotopic (exact) mass is 159 g/mol. The van der Waals surface area contributed by atoms with Crippen molar-refractivity contribution in [1.82, 2.24) is 4.98 Å². The van der Waals surface area contributed by atoms with Crippen molar-refractivity contribution in [2.24, 2.45) is 10.7 Å². The molecule has 0 radical (unpaired) electrons. The molecule has 0 aliphatic carbocycles. The first-order valence-electron chi connectivity index (χ1n) is 3.46. The highest BCUT2D eigenvalue weighted by atomic mass is 14.9. The number of terminal acetylenes is 1. The zero-order chi connectivity index (χ0) is 8.97. The van der Waals surface area contributed by atoms with Crippen LogP contribution in [-0.4, -0.2) is 10.8 Å². The second-order valence-electron chi connectivity index (χ2n) is 2.30. The zero-order valence-corrected chi connectivity index (χ0v) is 6.78. The molecule has 0 atom stereocenters. The number of nitrogens with zero attached hydrogens (tertiary/aromatic N) is 2. The Morgan fingerprint density at radius 2 is 2.50 bits per heavy atom. The van der Waals surface area contributed by atoms with Crippen molar-refractivity contribution in [1.29, 1.82) is 0 Å². The minimum absolute atomic E-state index is 0.469. The molecule has 1 rings (SSSR count). The quantitative estimate of drug-likeness (QED) is 0.378. The fourth-order valence-corrected chi connectivity index (χ4v) is 0.750. The van der Waals surface area contributed by atoms with E-state index < -0.39 is 0 Å². The van der Waals surface area contributed by atoms with E-state index in [-0.39, 0.29) is 0 Å². The van der Waals surface area contributed by atoms with Crippen LogP contribution < -0.4 is 5.73 Å². The summed E-state index contributed by atoms with van der Waals surface area (Å²) in [5, 5.41) is 0. The highest BCUT2D eigenvalue weighted by Crippen LogP contribution is 2.08. The van der Waals surface area contributed by atoms with Crippen LogP contribution in [0.4, 0.5) is 5.82 Å². The van der Waals surface area contributed by atoms with Crippen molar-refractivity contribution in [3.63, 3.8) is 0 Å². The van der Waals surface area contributed by atoms with Crippen LogP contribution in [0.25, 0.3) is 0 Å².